The van der Waals surface area contributed by atoms with Crippen molar-refractivity contribution in [1.82, 2.24) is 0 Å². The van der Waals surface area contributed by atoms with Gasteiger partial charge in [0.05, 0.1) is 37.2 Å². The molecule has 7 nitrogen and oxygen atoms in total. The number of carboxylic acid groups (broad SMARTS) is 1. The number of ether oxygens (including phenoxy) is 2. The number of ketones is 1. The summed E-state index contributed by atoms with van der Waals surface area (Å²) in [6.45, 7) is 4.12. The van der Waals surface area contributed by atoms with Crippen LogP contribution < -0.4 is 20.1 Å². The van der Waals surface area contributed by atoms with Crippen molar-refractivity contribution in [3.63, 3.8) is 0 Å². The van der Waals surface area contributed by atoms with Gasteiger partial charge in [-0.1, -0.05) is 13.8 Å². The molecule has 4 rings (SSSR count). The summed E-state index contributed by atoms with van der Waals surface area (Å²) >= 11 is 0. The van der Waals surface area contributed by atoms with Crippen LogP contribution in [0.1, 0.15) is 48.7 Å². The largest absolute Gasteiger partial charge is 0.497 e. The molecule has 2 aromatic rings. The third-order valence-electron chi connectivity index (χ3n) is 5.81. The van der Waals surface area contributed by atoms with Gasteiger partial charge >= 0.3 is 5.97 Å². The molecule has 1 aliphatic carbocycles. The van der Waals surface area contributed by atoms with Gasteiger partial charge in [-0.2, -0.15) is 0 Å². The van der Waals surface area contributed by atoms with E-state index in [2.05, 4.69) is 24.5 Å². The SMILES string of the molecule is COc1ccc(OC)c(C2Nc3ccc(C(=O)O)cc3NC3=C2C(=O)CC(C)(C)C3)c1. The van der Waals surface area contributed by atoms with E-state index >= 15 is 0 Å². The Morgan fingerprint density at radius 1 is 1.06 bits per heavy atom. The van der Waals surface area contributed by atoms with Gasteiger partial charge in [-0.05, 0) is 48.2 Å². The monoisotopic (exact) mass is 422 g/mol. The second-order valence-electron chi connectivity index (χ2n) is 8.71. The van der Waals surface area contributed by atoms with E-state index in [0.29, 0.717) is 41.3 Å². The average molecular weight is 422 g/mol. The minimum Gasteiger partial charge on any atom is -0.497 e. The Bertz CT molecular complexity index is 1100. The smallest absolute Gasteiger partial charge is 0.335 e. The van der Waals surface area contributed by atoms with Crippen molar-refractivity contribution in [3.8, 4) is 11.5 Å². The van der Waals surface area contributed by atoms with Crippen LogP contribution in [0.5, 0.6) is 11.5 Å². The van der Waals surface area contributed by atoms with Crippen LogP contribution in [-0.2, 0) is 4.79 Å². The number of allylic oxidation sites excluding steroid dienone is 1. The molecular weight excluding hydrogens is 396 g/mol. The van der Waals surface area contributed by atoms with Crippen molar-refractivity contribution in [3.05, 3.63) is 58.8 Å². The van der Waals surface area contributed by atoms with Crippen molar-refractivity contribution in [2.45, 2.75) is 32.7 Å². The van der Waals surface area contributed by atoms with Gasteiger partial charge in [0.2, 0.25) is 0 Å². The third kappa shape index (κ3) is 3.83. The number of methoxy groups -OCH3 is 2. The first-order valence-electron chi connectivity index (χ1n) is 10.1. The van der Waals surface area contributed by atoms with Crippen LogP contribution in [0.2, 0.25) is 0 Å². The number of carbonyl (C=O) groups excluding carboxylic acids is 1. The lowest BCUT2D eigenvalue weighted by atomic mass is 9.73. The van der Waals surface area contributed by atoms with E-state index in [1.165, 1.54) is 0 Å². The first kappa shape index (κ1) is 20.8. The zero-order valence-electron chi connectivity index (χ0n) is 18.0. The molecule has 1 atom stereocenters. The fraction of sp³-hybridized carbons (Fsp3) is 0.333. The molecule has 0 radical (unpaired) electrons. The maximum absolute atomic E-state index is 13.4. The molecule has 3 N–H and O–H groups in total. The van der Waals surface area contributed by atoms with E-state index in [-0.39, 0.29) is 16.8 Å². The Labute approximate surface area is 181 Å². The number of hydrogen-bond acceptors (Lipinski definition) is 6. The molecule has 1 unspecified atom stereocenters. The maximum Gasteiger partial charge on any atom is 0.335 e. The highest BCUT2D eigenvalue weighted by Gasteiger charge is 2.39. The molecule has 162 valence electrons. The normalized spacial score (nSPS) is 19.4. The zero-order chi connectivity index (χ0) is 22.3. The minimum atomic E-state index is -1.01. The Kier molecular flexibility index (Phi) is 5.13. The first-order chi connectivity index (χ1) is 14.7. The van der Waals surface area contributed by atoms with Gasteiger partial charge in [-0.25, -0.2) is 4.79 Å². The van der Waals surface area contributed by atoms with E-state index in [9.17, 15) is 14.7 Å². The Morgan fingerprint density at radius 2 is 1.84 bits per heavy atom. The topological polar surface area (TPSA) is 96.9 Å². The van der Waals surface area contributed by atoms with Gasteiger partial charge < -0.3 is 25.2 Å². The van der Waals surface area contributed by atoms with Gasteiger partial charge in [0, 0.05) is 23.3 Å². The lowest BCUT2D eigenvalue weighted by molar-refractivity contribution is -0.118. The van der Waals surface area contributed by atoms with Gasteiger partial charge in [0.1, 0.15) is 11.5 Å². The number of rotatable bonds is 4. The lowest BCUT2D eigenvalue weighted by Crippen LogP contribution is -2.31. The van der Waals surface area contributed by atoms with E-state index in [4.69, 9.17) is 9.47 Å². The first-order valence-corrected chi connectivity index (χ1v) is 10.1. The molecule has 0 bridgehead atoms. The molecule has 0 fully saturated rings. The summed E-state index contributed by atoms with van der Waals surface area (Å²) in [5.41, 5.74) is 3.51. The Balaban J connectivity index is 1.93. The predicted molar refractivity (Wildman–Crippen MR) is 118 cm³/mol. The van der Waals surface area contributed by atoms with Crippen LogP contribution in [0.25, 0.3) is 0 Å². The van der Waals surface area contributed by atoms with Gasteiger partial charge in [0.15, 0.2) is 5.78 Å². The summed E-state index contributed by atoms with van der Waals surface area (Å²) in [6.07, 6.45) is 1.09. The quantitative estimate of drug-likeness (QED) is 0.661. The number of anilines is 2. The highest BCUT2D eigenvalue weighted by atomic mass is 16.5. The maximum atomic E-state index is 13.4. The summed E-state index contributed by atoms with van der Waals surface area (Å²) in [7, 11) is 3.18. The van der Waals surface area contributed by atoms with Gasteiger partial charge in [0.25, 0.3) is 0 Å². The molecule has 31 heavy (non-hydrogen) atoms. The zero-order valence-corrected chi connectivity index (χ0v) is 18.0. The van der Waals surface area contributed by atoms with Crippen LogP contribution in [-0.4, -0.2) is 31.1 Å². The van der Waals surface area contributed by atoms with E-state index in [1.54, 1.807) is 32.4 Å². The number of Topliss-reactive ketones (excluding diaryl/α,β-unsaturated/α-hetero) is 1. The summed E-state index contributed by atoms with van der Waals surface area (Å²) in [5, 5.41) is 16.3. The summed E-state index contributed by atoms with van der Waals surface area (Å²) in [5.74, 6) is 0.330. The number of fused-ring (bicyclic) bond motifs is 1. The van der Waals surface area contributed by atoms with Crippen LogP contribution in [0.4, 0.5) is 11.4 Å². The van der Waals surface area contributed by atoms with E-state index < -0.39 is 12.0 Å². The molecule has 2 aliphatic rings. The molecule has 1 aliphatic heterocycles. The van der Waals surface area contributed by atoms with Crippen molar-refractivity contribution in [1.29, 1.82) is 0 Å². The van der Waals surface area contributed by atoms with Gasteiger partial charge in [-0.15, -0.1) is 0 Å². The molecule has 0 saturated heterocycles. The van der Waals surface area contributed by atoms with E-state index in [0.717, 1.165) is 11.3 Å². The second-order valence-corrected chi connectivity index (χ2v) is 8.71. The van der Waals surface area contributed by atoms with E-state index in [1.807, 2.05) is 18.2 Å². The molecule has 0 amide bonds. The highest BCUT2D eigenvalue weighted by molar-refractivity contribution is 6.01. The number of aromatic carboxylic acids is 1. The highest BCUT2D eigenvalue weighted by Crippen LogP contribution is 2.47. The average Bonchev–Trinajstić information content (AvgIpc) is 2.87. The standard InChI is InChI=1S/C24H26N2O5/c1-24(2)11-18-21(19(27)12-24)22(15-10-14(30-3)6-8-20(15)31-4)26-16-7-5-13(23(28)29)9-17(16)25-18/h5-10,22,25-26H,11-12H2,1-4H3,(H,28,29). The van der Waals surface area contributed by atoms with Crippen molar-refractivity contribution >= 4 is 23.1 Å². The number of carbonyl (C=O) groups is 2. The molecule has 1 heterocycles. The Hall–Kier alpha value is -3.48. The molecular formula is C24H26N2O5. The van der Waals surface area contributed by atoms with Gasteiger partial charge in [-0.3, -0.25) is 4.79 Å². The summed E-state index contributed by atoms with van der Waals surface area (Å²) < 4.78 is 11.0. The number of benzene rings is 2. The predicted octanol–water partition coefficient (Wildman–Crippen LogP) is 4.62. The molecule has 2 aromatic carbocycles. The molecule has 7 heteroatoms. The Morgan fingerprint density at radius 3 is 2.52 bits per heavy atom. The number of carboxylic acids is 1. The lowest BCUT2D eigenvalue weighted by Gasteiger charge is -2.34. The van der Waals surface area contributed by atoms with Crippen LogP contribution >= 0.6 is 0 Å². The summed E-state index contributed by atoms with van der Waals surface area (Å²) in [4.78, 5) is 24.9. The van der Waals surface area contributed by atoms with Crippen LogP contribution in [0, 0.1) is 5.41 Å². The second kappa shape index (κ2) is 7.65. The molecule has 0 spiro atoms. The molecule has 0 saturated carbocycles. The molecule has 0 aromatic heterocycles. The van der Waals surface area contributed by atoms with Crippen molar-refractivity contribution in [2.24, 2.45) is 5.41 Å². The van der Waals surface area contributed by atoms with Crippen LogP contribution in [0.3, 0.4) is 0 Å². The fourth-order valence-corrected chi connectivity index (χ4v) is 4.38. The minimum absolute atomic E-state index is 0.0485. The van der Waals surface area contributed by atoms with Crippen molar-refractivity contribution < 1.29 is 24.2 Å². The number of hydrogen-bond donors (Lipinski definition) is 3. The third-order valence-corrected chi connectivity index (χ3v) is 5.81. The fourth-order valence-electron chi connectivity index (χ4n) is 4.38. The van der Waals surface area contributed by atoms with Crippen LogP contribution in [0.15, 0.2) is 47.7 Å². The number of nitrogens with one attached hydrogen (secondary N) is 2. The summed E-state index contributed by atoms with van der Waals surface area (Å²) in [6, 6.07) is 9.88. The van der Waals surface area contributed by atoms with Crippen molar-refractivity contribution in [2.75, 3.05) is 24.9 Å².